The molecule has 9 nitrogen and oxygen atoms in total. The molecule has 0 aliphatic carbocycles. The van der Waals surface area contributed by atoms with Gasteiger partial charge in [0, 0.05) is 26.2 Å². The van der Waals surface area contributed by atoms with Crippen molar-refractivity contribution in [1.82, 2.24) is 16.0 Å². The number of rotatable bonds is 10. The summed E-state index contributed by atoms with van der Waals surface area (Å²) in [5.41, 5.74) is -0.600. The van der Waals surface area contributed by atoms with Crippen LogP contribution in [-0.2, 0) is 9.47 Å². The summed E-state index contributed by atoms with van der Waals surface area (Å²) in [5, 5.41) is 27.0. The Balaban J connectivity index is 3.73. The molecule has 0 aromatic heterocycles. The van der Waals surface area contributed by atoms with E-state index in [0.717, 1.165) is 0 Å². The third kappa shape index (κ3) is 13.8. The quantitative estimate of drug-likeness (QED) is 0.344. The molecule has 9 heteroatoms. The average molecular weight is 347 g/mol. The van der Waals surface area contributed by atoms with E-state index >= 15 is 0 Å². The molecule has 2 atom stereocenters. The number of aliphatic hydroxyl groups is 2. The first-order valence-electron chi connectivity index (χ1n) is 7.69. The fraction of sp³-hybridized carbons (Fsp3) is 0.733. The number of carbonyl (C=O) groups excluding carboxylic acids is 2. The maximum Gasteiger partial charge on any atom is 0.407 e. The molecule has 24 heavy (non-hydrogen) atoms. The van der Waals surface area contributed by atoms with E-state index in [0.29, 0.717) is 0 Å². The molecule has 0 aliphatic rings. The number of alkyl carbamates (subject to hydrolysis) is 2. The van der Waals surface area contributed by atoms with Gasteiger partial charge in [-0.1, -0.05) is 12.7 Å². The SMILES string of the molecule is C=CCOC(=O)NC[C@H](O)CNC[C@H](O)CNC(=O)OC(C)(C)C. The molecule has 0 aromatic rings. The van der Waals surface area contributed by atoms with Gasteiger partial charge in [-0.25, -0.2) is 9.59 Å². The zero-order valence-electron chi connectivity index (χ0n) is 14.5. The van der Waals surface area contributed by atoms with E-state index in [1.54, 1.807) is 20.8 Å². The minimum absolute atomic E-state index is 0.00916. The lowest BCUT2D eigenvalue weighted by molar-refractivity contribution is 0.0490. The molecule has 0 radical (unpaired) electrons. The first-order chi connectivity index (χ1) is 11.1. The first kappa shape index (κ1) is 22.2. The molecule has 0 saturated heterocycles. The van der Waals surface area contributed by atoms with Crippen LogP contribution in [0, 0.1) is 0 Å². The van der Waals surface area contributed by atoms with Crippen molar-refractivity contribution >= 4 is 12.2 Å². The van der Waals surface area contributed by atoms with Crippen molar-refractivity contribution in [3.8, 4) is 0 Å². The molecule has 140 valence electrons. The second kappa shape index (κ2) is 11.7. The average Bonchev–Trinajstić information content (AvgIpc) is 2.47. The van der Waals surface area contributed by atoms with Gasteiger partial charge >= 0.3 is 12.2 Å². The van der Waals surface area contributed by atoms with Crippen molar-refractivity contribution in [2.75, 3.05) is 32.8 Å². The first-order valence-corrected chi connectivity index (χ1v) is 7.69. The summed E-state index contributed by atoms with van der Waals surface area (Å²) in [4.78, 5) is 22.5. The Morgan fingerprint density at radius 3 is 2.00 bits per heavy atom. The number of aliphatic hydroxyl groups excluding tert-OH is 2. The zero-order valence-corrected chi connectivity index (χ0v) is 14.5. The highest BCUT2D eigenvalue weighted by atomic mass is 16.6. The Hall–Kier alpha value is -1.84. The lowest BCUT2D eigenvalue weighted by Crippen LogP contribution is -2.43. The zero-order chi connectivity index (χ0) is 18.6. The Labute approximate surface area is 142 Å². The number of amides is 2. The fourth-order valence-corrected chi connectivity index (χ4v) is 1.46. The highest BCUT2D eigenvalue weighted by Gasteiger charge is 2.16. The number of nitrogens with one attached hydrogen (secondary N) is 3. The Kier molecular flexibility index (Phi) is 10.8. The van der Waals surface area contributed by atoms with Gasteiger partial charge in [0.05, 0.1) is 12.2 Å². The van der Waals surface area contributed by atoms with Crippen LogP contribution in [0.3, 0.4) is 0 Å². The minimum atomic E-state index is -0.840. The summed E-state index contributed by atoms with van der Waals surface area (Å²) in [6.07, 6.45) is -1.49. The van der Waals surface area contributed by atoms with Gasteiger partial charge in [0.2, 0.25) is 0 Å². The largest absolute Gasteiger partial charge is 0.445 e. The smallest absolute Gasteiger partial charge is 0.407 e. The summed E-state index contributed by atoms with van der Waals surface area (Å²) < 4.78 is 9.71. The molecule has 0 heterocycles. The number of hydrogen-bond donors (Lipinski definition) is 5. The van der Waals surface area contributed by atoms with Crippen LogP contribution in [0.2, 0.25) is 0 Å². The van der Waals surface area contributed by atoms with E-state index in [1.807, 2.05) is 0 Å². The molecule has 0 aliphatic heterocycles. The third-order valence-corrected chi connectivity index (χ3v) is 2.46. The molecule has 0 bridgehead atoms. The van der Waals surface area contributed by atoms with E-state index in [4.69, 9.17) is 4.74 Å². The molecule has 0 rings (SSSR count). The molecule has 0 aromatic carbocycles. The van der Waals surface area contributed by atoms with E-state index < -0.39 is 30.0 Å². The van der Waals surface area contributed by atoms with Crippen molar-refractivity contribution in [3.05, 3.63) is 12.7 Å². The molecule has 2 amide bonds. The van der Waals surface area contributed by atoms with E-state index in [9.17, 15) is 19.8 Å². The van der Waals surface area contributed by atoms with Crippen molar-refractivity contribution in [2.45, 2.75) is 38.6 Å². The fourth-order valence-electron chi connectivity index (χ4n) is 1.46. The lowest BCUT2D eigenvalue weighted by atomic mass is 10.2. The number of hydrogen-bond acceptors (Lipinski definition) is 7. The summed E-state index contributed by atoms with van der Waals surface area (Å²) in [6, 6.07) is 0. The summed E-state index contributed by atoms with van der Waals surface area (Å²) >= 11 is 0. The van der Waals surface area contributed by atoms with Crippen molar-refractivity contribution < 1.29 is 29.3 Å². The highest BCUT2D eigenvalue weighted by Crippen LogP contribution is 2.06. The monoisotopic (exact) mass is 347 g/mol. The van der Waals surface area contributed by atoms with Gasteiger partial charge < -0.3 is 35.6 Å². The summed E-state index contributed by atoms with van der Waals surface area (Å²) in [5.74, 6) is 0. The highest BCUT2D eigenvalue weighted by molar-refractivity contribution is 5.67. The predicted octanol–water partition coefficient (Wildman–Crippen LogP) is -0.265. The van der Waals surface area contributed by atoms with Crippen LogP contribution < -0.4 is 16.0 Å². The summed E-state index contributed by atoms with van der Waals surface area (Å²) in [6.45, 7) is 9.08. The molecule has 5 N–H and O–H groups in total. The van der Waals surface area contributed by atoms with Crippen LogP contribution in [0.1, 0.15) is 20.8 Å². The van der Waals surface area contributed by atoms with Crippen LogP contribution in [0.4, 0.5) is 9.59 Å². The van der Waals surface area contributed by atoms with Gasteiger partial charge in [-0.15, -0.1) is 0 Å². The van der Waals surface area contributed by atoms with Crippen LogP contribution in [0.15, 0.2) is 12.7 Å². The Morgan fingerprint density at radius 1 is 1.04 bits per heavy atom. The Morgan fingerprint density at radius 2 is 1.54 bits per heavy atom. The normalized spacial score (nSPS) is 13.5. The second-order valence-corrected chi connectivity index (χ2v) is 6.12. The van der Waals surface area contributed by atoms with Gasteiger partial charge in [0.25, 0.3) is 0 Å². The predicted molar refractivity (Wildman–Crippen MR) is 88.7 cm³/mol. The standard InChI is InChI=1S/C15H29N3O6/c1-5-6-23-13(21)17-9-11(19)7-16-8-12(20)10-18-14(22)24-15(2,3)4/h5,11-12,16,19-20H,1,6-10H2,2-4H3,(H,17,21)(H,18,22)/t11-,12+/m1/s1. The van der Waals surface area contributed by atoms with E-state index in [-0.39, 0.29) is 32.8 Å². The Bertz CT molecular complexity index is 397. The second-order valence-electron chi connectivity index (χ2n) is 6.12. The van der Waals surface area contributed by atoms with Gasteiger partial charge in [-0.3, -0.25) is 0 Å². The molecule has 0 saturated carbocycles. The van der Waals surface area contributed by atoms with Crippen molar-refractivity contribution in [1.29, 1.82) is 0 Å². The molecule has 0 spiro atoms. The van der Waals surface area contributed by atoms with Gasteiger partial charge in [0.1, 0.15) is 12.2 Å². The number of ether oxygens (including phenoxy) is 2. The van der Waals surface area contributed by atoms with Crippen LogP contribution in [0.5, 0.6) is 0 Å². The van der Waals surface area contributed by atoms with Gasteiger partial charge in [-0.05, 0) is 20.8 Å². The van der Waals surface area contributed by atoms with Crippen LogP contribution in [-0.4, -0.2) is 73.0 Å². The van der Waals surface area contributed by atoms with E-state index in [2.05, 4.69) is 27.3 Å². The molecular weight excluding hydrogens is 318 g/mol. The third-order valence-electron chi connectivity index (χ3n) is 2.46. The minimum Gasteiger partial charge on any atom is -0.445 e. The van der Waals surface area contributed by atoms with Crippen molar-refractivity contribution in [3.63, 3.8) is 0 Å². The van der Waals surface area contributed by atoms with Crippen LogP contribution in [0.25, 0.3) is 0 Å². The molecule has 0 unspecified atom stereocenters. The van der Waals surface area contributed by atoms with Crippen LogP contribution >= 0.6 is 0 Å². The maximum atomic E-state index is 11.4. The lowest BCUT2D eigenvalue weighted by Gasteiger charge is -2.21. The summed E-state index contributed by atoms with van der Waals surface area (Å²) in [7, 11) is 0. The van der Waals surface area contributed by atoms with E-state index in [1.165, 1.54) is 6.08 Å². The molecular formula is C15H29N3O6. The maximum absolute atomic E-state index is 11.4. The van der Waals surface area contributed by atoms with Crippen molar-refractivity contribution in [2.24, 2.45) is 0 Å². The molecule has 0 fully saturated rings. The topological polar surface area (TPSA) is 129 Å². The number of carbonyl (C=O) groups is 2. The van der Waals surface area contributed by atoms with Gasteiger partial charge in [0.15, 0.2) is 0 Å². The van der Waals surface area contributed by atoms with Gasteiger partial charge in [-0.2, -0.15) is 0 Å².